The van der Waals surface area contributed by atoms with Crippen LogP contribution < -0.4 is 18.9 Å². The van der Waals surface area contributed by atoms with Crippen LogP contribution >= 0.6 is 0 Å². The van der Waals surface area contributed by atoms with Crippen LogP contribution in [0.2, 0.25) is 0 Å². The molecule has 0 radical (unpaired) electrons. The van der Waals surface area contributed by atoms with Crippen LogP contribution in [-0.2, 0) is 9.63 Å². The number of carboxylic acid groups (broad SMARTS) is 1. The number of benzene rings is 1. The van der Waals surface area contributed by atoms with E-state index in [4.69, 9.17) is 28.9 Å². The van der Waals surface area contributed by atoms with Gasteiger partial charge in [-0.15, -0.1) is 0 Å². The first-order valence-electron chi connectivity index (χ1n) is 6.60. The van der Waals surface area contributed by atoms with E-state index in [1.54, 1.807) is 13.0 Å². The number of carbonyl (C=O) groups is 1. The zero-order valence-corrected chi connectivity index (χ0v) is 12.3. The van der Waals surface area contributed by atoms with Gasteiger partial charge >= 0.3 is 5.97 Å². The van der Waals surface area contributed by atoms with Crippen molar-refractivity contribution in [1.82, 2.24) is 0 Å². The highest BCUT2D eigenvalue weighted by Crippen LogP contribution is 2.52. The van der Waals surface area contributed by atoms with Crippen LogP contribution in [0.25, 0.3) is 0 Å². The summed E-state index contributed by atoms with van der Waals surface area (Å²) < 4.78 is 21.5. The van der Waals surface area contributed by atoms with E-state index in [0.29, 0.717) is 28.6 Å². The maximum Gasteiger partial charge on any atom is 0.354 e. The van der Waals surface area contributed by atoms with Gasteiger partial charge in [0, 0.05) is 5.56 Å². The fraction of sp³-hybridized carbons (Fsp3) is 0.429. The van der Waals surface area contributed by atoms with Gasteiger partial charge in [0.05, 0.1) is 20.1 Å². The fourth-order valence-electron chi connectivity index (χ4n) is 2.60. The first-order chi connectivity index (χ1) is 10.6. The van der Waals surface area contributed by atoms with Crippen molar-refractivity contribution >= 4 is 11.7 Å². The Morgan fingerprint density at radius 2 is 2.05 bits per heavy atom. The van der Waals surface area contributed by atoms with E-state index < -0.39 is 18.0 Å². The smallest absolute Gasteiger partial charge is 0.354 e. The molecule has 2 atom stereocenters. The van der Waals surface area contributed by atoms with Crippen molar-refractivity contribution in [2.24, 2.45) is 11.1 Å². The standard InChI is InChI=1S/C14H15NO7/c1-6-9(14(16)17)15-22-10(6)7-4-8(18-2)12-13(11(7)19-3)21-5-20-12/h4,6,10H,5H2,1-3H3,(H,16,17)/t6-,10+/m0/s1. The summed E-state index contributed by atoms with van der Waals surface area (Å²) in [7, 11) is 3.00. The molecular formula is C14H15NO7. The number of nitrogens with zero attached hydrogens (tertiary/aromatic N) is 1. The first-order valence-corrected chi connectivity index (χ1v) is 6.60. The van der Waals surface area contributed by atoms with Crippen molar-refractivity contribution in [3.8, 4) is 23.0 Å². The molecule has 0 bridgehead atoms. The predicted molar refractivity (Wildman–Crippen MR) is 73.7 cm³/mol. The fourth-order valence-corrected chi connectivity index (χ4v) is 2.60. The summed E-state index contributed by atoms with van der Waals surface area (Å²) in [6, 6.07) is 1.69. The number of oxime groups is 1. The van der Waals surface area contributed by atoms with Gasteiger partial charge in [-0.1, -0.05) is 12.1 Å². The van der Waals surface area contributed by atoms with Crippen molar-refractivity contribution < 1.29 is 33.7 Å². The van der Waals surface area contributed by atoms with E-state index in [2.05, 4.69) is 5.16 Å². The van der Waals surface area contributed by atoms with Gasteiger partial charge in [0.15, 0.2) is 23.3 Å². The molecule has 8 nitrogen and oxygen atoms in total. The summed E-state index contributed by atoms with van der Waals surface area (Å²) in [5, 5.41) is 12.8. The molecule has 0 amide bonds. The summed E-state index contributed by atoms with van der Waals surface area (Å²) in [6.07, 6.45) is -0.607. The number of carboxylic acids is 1. The van der Waals surface area contributed by atoms with Crippen LogP contribution in [0.4, 0.5) is 0 Å². The number of fused-ring (bicyclic) bond motifs is 1. The maximum absolute atomic E-state index is 11.1. The third-order valence-electron chi connectivity index (χ3n) is 3.69. The lowest BCUT2D eigenvalue weighted by atomic mass is 9.92. The normalized spacial score (nSPS) is 22.0. The van der Waals surface area contributed by atoms with Gasteiger partial charge in [0.1, 0.15) is 0 Å². The van der Waals surface area contributed by atoms with Gasteiger partial charge in [-0.05, 0) is 6.07 Å². The highest BCUT2D eigenvalue weighted by molar-refractivity contribution is 6.36. The zero-order chi connectivity index (χ0) is 15.9. The Labute approximate surface area is 126 Å². The Bertz CT molecular complexity index is 655. The van der Waals surface area contributed by atoms with Crippen LogP contribution in [0, 0.1) is 5.92 Å². The lowest BCUT2D eigenvalue weighted by Gasteiger charge is -2.19. The SMILES string of the molecule is COc1cc([C@@H]2ON=C(C(=O)O)[C@@H]2C)c(OC)c2c1OCO2. The molecule has 0 unspecified atom stereocenters. The second-order valence-corrected chi connectivity index (χ2v) is 4.86. The number of hydrogen-bond acceptors (Lipinski definition) is 7. The van der Waals surface area contributed by atoms with E-state index in [9.17, 15) is 4.79 Å². The van der Waals surface area contributed by atoms with Crippen LogP contribution in [0.1, 0.15) is 18.6 Å². The van der Waals surface area contributed by atoms with Gasteiger partial charge in [-0.3, -0.25) is 0 Å². The summed E-state index contributed by atoms with van der Waals surface area (Å²) in [6.45, 7) is 1.78. The van der Waals surface area contributed by atoms with Gasteiger partial charge in [0.25, 0.3) is 0 Å². The molecule has 0 aromatic heterocycles. The minimum absolute atomic E-state index is 0.0383. The number of hydrogen-bond donors (Lipinski definition) is 1. The number of aliphatic carboxylic acids is 1. The van der Waals surface area contributed by atoms with Crippen molar-refractivity contribution in [2.45, 2.75) is 13.0 Å². The van der Waals surface area contributed by atoms with Gasteiger partial charge in [-0.2, -0.15) is 0 Å². The summed E-state index contributed by atoms with van der Waals surface area (Å²) in [5.74, 6) is 0.192. The Kier molecular flexibility index (Phi) is 3.44. The molecule has 3 rings (SSSR count). The number of ether oxygens (including phenoxy) is 4. The molecule has 0 saturated carbocycles. The molecule has 22 heavy (non-hydrogen) atoms. The molecule has 8 heteroatoms. The summed E-state index contributed by atoms with van der Waals surface area (Å²) in [4.78, 5) is 16.4. The minimum Gasteiger partial charge on any atom is -0.493 e. The van der Waals surface area contributed by atoms with Crippen LogP contribution in [0.3, 0.4) is 0 Å². The maximum atomic E-state index is 11.1. The van der Waals surface area contributed by atoms with E-state index >= 15 is 0 Å². The van der Waals surface area contributed by atoms with Crippen LogP contribution in [-0.4, -0.2) is 37.8 Å². The molecule has 0 saturated heterocycles. The lowest BCUT2D eigenvalue weighted by Crippen LogP contribution is -2.21. The Morgan fingerprint density at radius 1 is 1.32 bits per heavy atom. The van der Waals surface area contributed by atoms with Gasteiger partial charge < -0.3 is 28.9 Å². The molecular weight excluding hydrogens is 294 g/mol. The Hall–Kier alpha value is -2.64. The number of rotatable bonds is 4. The summed E-state index contributed by atoms with van der Waals surface area (Å²) in [5.41, 5.74) is 0.555. The molecule has 2 heterocycles. The van der Waals surface area contributed by atoms with E-state index in [1.807, 2.05) is 0 Å². The highest BCUT2D eigenvalue weighted by atomic mass is 16.7. The largest absolute Gasteiger partial charge is 0.493 e. The molecule has 2 aliphatic rings. The third kappa shape index (κ3) is 1.99. The predicted octanol–water partition coefficient (Wildman–Crippen LogP) is 1.58. The Balaban J connectivity index is 2.07. The van der Waals surface area contributed by atoms with Crippen molar-refractivity contribution in [1.29, 1.82) is 0 Å². The molecule has 0 aliphatic carbocycles. The molecule has 2 aliphatic heterocycles. The number of methoxy groups -OCH3 is 2. The topological polar surface area (TPSA) is 95.8 Å². The minimum atomic E-state index is -1.11. The van der Waals surface area contributed by atoms with Gasteiger partial charge in [-0.25, -0.2) is 4.79 Å². The van der Waals surface area contributed by atoms with Crippen molar-refractivity contribution in [3.05, 3.63) is 11.6 Å². The van der Waals surface area contributed by atoms with E-state index in [1.165, 1.54) is 14.2 Å². The molecule has 0 spiro atoms. The Morgan fingerprint density at radius 3 is 2.64 bits per heavy atom. The average molecular weight is 309 g/mol. The molecule has 1 aromatic carbocycles. The molecule has 0 fully saturated rings. The second kappa shape index (κ2) is 5.28. The van der Waals surface area contributed by atoms with Crippen molar-refractivity contribution in [2.75, 3.05) is 21.0 Å². The molecule has 1 aromatic rings. The third-order valence-corrected chi connectivity index (χ3v) is 3.69. The monoisotopic (exact) mass is 309 g/mol. The quantitative estimate of drug-likeness (QED) is 0.902. The van der Waals surface area contributed by atoms with E-state index in [-0.39, 0.29) is 12.5 Å². The van der Waals surface area contributed by atoms with Crippen LogP contribution in [0.5, 0.6) is 23.0 Å². The highest BCUT2D eigenvalue weighted by Gasteiger charge is 2.40. The average Bonchev–Trinajstić information content (AvgIpc) is 3.12. The van der Waals surface area contributed by atoms with Crippen molar-refractivity contribution in [3.63, 3.8) is 0 Å². The van der Waals surface area contributed by atoms with Crippen LogP contribution in [0.15, 0.2) is 11.2 Å². The summed E-state index contributed by atoms with van der Waals surface area (Å²) >= 11 is 0. The molecule has 1 N–H and O–H groups in total. The zero-order valence-electron chi connectivity index (χ0n) is 12.3. The first kappa shape index (κ1) is 14.3. The second-order valence-electron chi connectivity index (χ2n) is 4.86. The lowest BCUT2D eigenvalue weighted by molar-refractivity contribution is -0.129. The van der Waals surface area contributed by atoms with Gasteiger partial charge in [0.2, 0.25) is 18.3 Å². The molecule has 118 valence electrons. The van der Waals surface area contributed by atoms with E-state index in [0.717, 1.165) is 0 Å².